The van der Waals surface area contributed by atoms with Crippen LogP contribution in [0.15, 0.2) is 18.2 Å². The molecule has 20 heavy (non-hydrogen) atoms. The van der Waals surface area contributed by atoms with Gasteiger partial charge in [-0.25, -0.2) is 0 Å². The average Bonchev–Trinajstić information content (AvgIpc) is 3.08. The molecule has 0 amide bonds. The summed E-state index contributed by atoms with van der Waals surface area (Å²) < 4.78 is 27.4. The van der Waals surface area contributed by atoms with Crippen molar-refractivity contribution >= 4 is 0 Å². The fraction of sp³-hybridized carbons (Fsp3) is 0.600. The number of aliphatic hydroxyl groups is 1. The van der Waals surface area contributed by atoms with Gasteiger partial charge in [-0.3, -0.25) is 0 Å². The van der Waals surface area contributed by atoms with E-state index in [2.05, 4.69) is 0 Å². The molecule has 0 aliphatic carbocycles. The second-order valence-electron chi connectivity index (χ2n) is 5.20. The maximum atomic E-state index is 10.5. The number of rotatable bonds is 4. The zero-order valence-electron chi connectivity index (χ0n) is 13.4. The van der Waals surface area contributed by atoms with E-state index in [0.717, 1.165) is 12.8 Å². The van der Waals surface area contributed by atoms with Gasteiger partial charge >= 0.3 is 0 Å². The zero-order chi connectivity index (χ0) is 15.7. The molecule has 2 atom stereocenters. The maximum absolute atomic E-state index is 10.5. The van der Waals surface area contributed by atoms with Crippen molar-refractivity contribution in [1.82, 2.24) is 4.90 Å². The lowest BCUT2D eigenvalue weighted by molar-refractivity contribution is 0.124. The van der Waals surface area contributed by atoms with E-state index in [4.69, 9.17) is 17.9 Å². The van der Waals surface area contributed by atoms with E-state index in [1.165, 1.54) is 0 Å². The maximum Gasteiger partial charge on any atom is 0.161 e. The minimum absolute atomic E-state index is 0.465. The highest BCUT2D eigenvalue weighted by molar-refractivity contribution is 5.44. The van der Waals surface area contributed by atoms with Gasteiger partial charge in [-0.15, -0.1) is 0 Å². The largest absolute Gasteiger partial charge is 0.486 e. The Morgan fingerprint density at radius 2 is 1.95 bits per heavy atom. The number of ether oxygens (including phenoxy) is 2. The quantitative estimate of drug-likeness (QED) is 0.858. The van der Waals surface area contributed by atoms with Crippen molar-refractivity contribution in [2.75, 3.05) is 32.8 Å². The second-order valence-corrected chi connectivity index (χ2v) is 5.20. The molecule has 110 valence electrons. The number of hydrogen-bond acceptors (Lipinski definition) is 5. The molecular weight excluding hydrogens is 256 g/mol. The third-order valence-corrected chi connectivity index (χ3v) is 3.69. The molecule has 5 nitrogen and oxygen atoms in total. The minimum Gasteiger partial charge on any atom is -0.486 e. The summed E-state index contributed by atoms with van der Waals surface area (Å²) in [5, 5.41) is 10.5. The van der Waals surface area contributed by atoms with Crippen LogP contribution in [-0.2, 0) is 0 Å². The van der Waals surface area contributed by atoms with Gasteiger partial charge in [0, 0.05) is 15.3 Å². The number of nitrogens with two attached hydrogens (primary N) is 1. The summed E-state index contributed by atoms with van der Waals surface area (Å²) in [6.45, 7) is 0.575. The Bertz CT molecular complexity index is 536. The predicted octanol–water partition coefficient (Wildman–Crippen LogP) is 0.914. The monoisotopic (exact) mass is 280 g/mol. The Morgan fingerprint density at radius 1 is 1.25 bits per heavy atom. The lowest BCUT2D eigenvalue weighted by atomic mass is 10.0. The van der Waals surface area contributed by atoms with Gasteiger partial charge in [0.15, 0.2) is 11.5 Å². The van der Waals surface area contributed by atoms with E-state index in [9.17, 15) is 5.11 Å². The van der Waals surface area contributed by atoms with Crippen molar-refractivity contribution < 1.29 is 17.3 Å². The van der Waals surface area contributed by atoms with Crippen LogP contribution in [0.3, 0.4) is 0 Å². The highest BCUT2D eigenvalue weighted by Crippen LogP contribution is 2.33. The molecule has 0 bridgehead atoms. The molecule has 2 heterocycles. The standard InChI is InChI=1S/C15H22N2O3/c16-12(10-17-5-1-2-6-17)15(18)11-3-4-13-14(9-11)20-8-7-19-13/h3-4,9,12,15,18H,1-2,5-8,10,16H2/t12-,15-/m1/s1/i10D2. The number of fused-ring (bicyclic) bond motifs is 1. The van der Waals surface area contributed by atoms with E-state index in [-0.39, 0.29) is 0 Å². The number of benzene rings is 1. The van der Waals surface area contributed by atoms with Crippen LogP contribution in [-0.4, -0.2) is 48.8 Å². The number of hydrogen-bond donors (Lipinski definition) is 2. The number of likely N-dealkylation sites (tertiary alicyclic amines) is 1. The fourth-order valence-corrected chi connectivity index (χ4v) is 2.58. The molecule has 1 aromatic carbocycles. The van der Waals surface area contributed by atoms with E-state index in [0.29, 0.717) is 43.4 Å². The first kappa shape index (κ1) is 11.4. The molecule has 0 saturated carbocycles. The topological polar surface area (TPSA) is 68.0 Å². The first-order valence-electron chi connectivity index (χ1n) is 8.08. The van der Waals surface area contributed by atoms with Crippen LogP contribution in [0.5, 0.6) is 11.5 Å². The van der Waals surface area contributed by atoms with Gasteiger partial charge in [0.05, 0.1) is 6.10 Å². The summed E-state index contributed by atoms with van der Waals surface area (Å²) in [6, 6.07) is 4.08. The van der Waals surface area contributed by atoms with E-state index in [1.54, 1.807) is 23.1 Å². The van der Waals surface area contributed by atoms with Crippen LogP contribution >= 0.6 is 0 Å². The number of nitrogens with zero attached hydrogens (tertiary/aromatic N) is 1. The Balaban J connectivity index is 1.78. The van der Waals surface area contributed by atoms with Crippen molar-refractivity contribution in [1.29, 1.82) is 0 Å². The highest BCUT2D eigenvalue weighted by Gasteiger charge is 2.23. The molecule has 2 aliphatic rings. The molecule has 0 spiro atoms. The van der Waals surface area contributed by atoms with Crippen molar-refractivity contribution in [2.24, 2.45) is 5.73 Å². The van der Waals surface area contributed by atoms with Gasteiger partial charge in [-0.1, -0.05) is 6.07 Å². The zero-order valence-corrected chi connectivity index (χ0v) is 11.4. The molecule has 1 aromatic rings. The minimum atomic E-state index is -1.75. The van der Waals surface area contributed by atoms with Crippen LogP contribution in [0.4, 0.5) is 0 Å². The summed E-state index contributed by atoms with van der Waals surface area (Å²) in [4.78, 5) is 1.71. The van der Waals surface area contributed by atoms with Gasteiger partial charge in [0.1, 0.15) is 13.2 Å². The normalized spacial score (nSPS) is 23.9. The summed E-state index contributed by atoms with van der Waals surface area (Å²) in [5.41, 5.74) is 6.59. The first-order valence-corrected chi connectivity index (χ1v) is 7.08. The van der Waals surface area contributed by atoms with Gasteiger partial charge in [-0.05, 0) is 43.6 Å². The van der Waals surface area contributed by atoms with E-state index in [1.807, 2.05) is 0 Å². The highest BCUT2D eigenvalue weighted by atomic mass is 16.6. The molecule has 0 aromatic heterocycles. The van der Waals surface area contributed by atoms with Gasteiger partial charge in [0.2, 0.25) is 0 Å². The number of aliphatic hydroxyl groups excluding tert-OH is 1. The Hall–Kier alpha value is -1.30. The summed E-state index contributed by atoms with van der Waals surface area (Å²) in [6.07, 6.45) is 0.824. The summed E-state index contributed by atoms with van der Waals surface area (Å²) in [7, 11) is 0. The lowest BCUT2D eigenvalue weighted by Crippen LogP contribution is -2.40. The smallest absolute Gasteiger partial charge is 0.161 e. The van der Waals surface area contributed by atoms with Crippen molar-refractivity contribution in [3.05, 3.63) is 23.8 Å². The fourth-order valence-electron chi connectivity index (χ4n) is 2.58. The van der Waals surface area contributed by atoms with Crippen LogP contribution in [0.25, 0.3) is 0 Å². The Kier molecular flexibility index (Phi) is 3.41. The Labute approximate surface area is 122 Å². The first-order chi connectivity index (χ1) is 10.5. The van der Waals surface area contributed by atoms with E-state index < -0.39 is 18.6 Å². The molecule has 1 saturated heterocycles. The van der Waals surface area contributed by atoms with Crippen molar-refractivity contribution in [3.63, 3.8) is 0 Å². The lowest BCUT2D eigenvalue weighted by Gasteiger charge is -2.26. The summed E-state index contributed by atoms with van der Waals surface area (Å²) >= 11 is 0. The molecular formula is C15H22N2O3. The molecule has 3 N–H and O–H groups in total. The van der Waals surface area contributed by atoms with Gasteiger partial charge in [-0.2, -0.15) is 0 Å². The second kappa shape index (κ2) is 5.99. The molecule has 3 rings (SSSR count). The van der Waals surface area contributed by atoms with Crippen LogP contribution in [0.2, 0.25) is 0 Å². The van der Waals surface area contributed by atoms with Crippen LogP contribution < -0.4 is 15.2 Å². The predicted molar refractivity (Wildman–Crippen MR) is 76.0 cm³/mol. The average molecular weight is 280 g/mol. The molecule has 5 heteroatoms. The third-order valence-electron chi connectivity index (χ3n) is 3.69. The van der Waals surface area contributed by atoms with Crippen molar-refractivity contribution in [3.8, 4) is 11.5 Å². The van der Waals surface area contributed by atoms with Crippen molar-refractivity contribution in [2.45, 2.75) is 25.0 Å². The van der Waals surface area contributed by atoms with Gasteiger partial charge in [0.25, 0.3) is 0 Å². The molecule has 0 radical (unpaired) electrons. The molecule has 2 aliphatic heterocycles. The third kappa shape index (κ3) is 2.90. The van der Waals surface area contributed by atoms with Gasteiger partial charge < -0.3 is 25.2 Å². The molecule has 0 unspecified atom stereocenters. The Morgan fingerprint density at radius 3 is 2.70 bits per heavy atom. The molecule has 1 fully saturated rings. The van der Waals surface area contributed by atoms with E-state index >= 15 is 0 Å². The summed E-state index contributed by atoms with van der Waals surface area (Å²) in [5.74, 6) is 1.20. The van der Waals surface area contributed by atoms with Crippen LogP contribution in [0.1, 0.15) is 27.3 Å². The SMILES string of the molecule is [2H]C([2H])([C@@H](N)[C@H](O)c1ccc2c(c1)OCCO2)N1CCCC1. The van der Waals surface area contributed by atoms with Crippen LogP contribution in [0, 0.1) is 0 Å².